The van der Waals surface area contributed by atoms with E-state index in [1.165, 1.54) is 6.07 Å². The van der Waals surface area contributed by atoms with Crippen LogP contribution in [0.1, 0.15) is 30.5 Å². The fourth-order valence-corrected chi connectivity index (χ4v) is 4.37. The molecule has 2 aromatic rings. The van der Waals surface area contributed by atoms with Crippen molar-refractivity contribution in [3.8, 4) is 0 Å². The molecule has 2 saturated heterocycles. The first kappa shape index (κ1) is 18.8. The van der Waals surface area contributed by atoms with Crippen molar-refractivity contribution in [3.63, 3.8) is 0 Å². The normalized spacial score (nSPS) is 22.3. The Morgan fingerprint density at radius 2 is 2.07 bits per heavy atom. The Morgan fingerprint density at radius 3 is 2.89 bits per heavy atom. The smallest absolute Gasteiger partial charge is 0.230 e. The van der Waals surface area contributed by atoms with Gasteiger partial charge >= 0.3 is 0 Å². The Hall–Kier alpha value is -2.54. The van der Waals surface area contributed by atoms with Crippen molar-refractivity contribution in [2.45, 2.75) is 32.4 Å². The molecule has 0 radical (unpaired) electrons. The van der Waals surface area contributed by atoms with Gasteiger partial charge in [-0.2, -0.15) is 0 Å². The van der Waals surface area contributed by atoms with Crippen LogP contribution in [-0.2, 0) is 22.7 Å². The van der Waals surface area contributed by atoms with E-state index >= 15 is 0 Å². The number of amides is 1. The number of anilines is 1. The number of rotatable bonds is 5. The van der Waals surface area contributed by atoms with Gasteiger partial charge in [0.1, 0.15) is 18.0 Å². The molecule has 0 bridgehead atoms. The minimum atomic E-state index is -0.407. The van der Waals surface area contributed by atoms with Crippen molar-refractivity contribution in [2.24, 2.45) is 5.41 Å². The molecule has 2 aliphatic heterocycles. The largest absolute Gasteiger partial charge is 0.378 e. The summed E-state index contributed by atoms with van der Waals surface area (Å²) in [4.78, 5) is 25.9. The first-order chi connectivity index (χ1) is 13.6. The molecule has 148 valence electrons. The van der Waals surface area contributed by atoms with E-state index in [0.717, 1.165) is 37.3 Å². The van der Waals surface area contributed by atoms with Gasteiger partial charge in [-0.05, 0) is 25.3 Å². The second-order valence-electron chi connectivity index (χ2n) is 7.67. The van der Waals surface area contributed by atoms with Gasteiger partial charge in [-0.15, -0.1) is 0 Å². The van der Waals surface area contributed by atoms with Gasteiger partial charge in [0.15, 0.2) is 0 Å². The summed E-state index contributed by atoms with van der Waals surface area (Å²) in [6.07, 6.45) is 4.14. The van der Waals surface area contributed by atoms with Gasteiger partial charge in [-0.3, -0.25) is 4.79 Å². The number of aromatic nitrogens is 2. The minimum absolute atomic E-state index is 0.135. The molecule has 28 heavy (non-hydrogen) atoms. The maximum absolute atomic E-state index is 14.1. The Kier molecular flexibility index (Phi) is 5.26. The lowest BCUT2D eigenvalue weighted by Crippen LogP contribution is -2.49. The monoisotopic (exact) mass is 384 g/mol. The van der Waals surface area contributed by atoms with Crippen molar-refractivity contribution in [1.82, 2.24) is 14.9 Å². The van der Waals surface area contributed by atoms with Crippen LogP contribution < -0.4 is 4.90 Å². The molecule has 3 heterocycles. The topological polar surface area (TPSA) is 58.6 Å². The lowest BCUT2D eigenvalue weighted by atomic mass is 9.78. The molecule has 2 aliphatic rings. The van der Waals surface area contributed by atoms with Crippen LogP contribution in [-0.4, -0.2) is 47.5 Å². The third kappa shape index (κ3) is 3.58. The minimum Gasteiger partial charge on any atom is -0.378 e. The van der Waals surface area contributed by atoms with Gasteiger partial charge in [0.2, 0.25) is 5.91 Å². The maximum Gasteiger partial charge on any atom is 0.230 e. The highest BCUT2D eigenvalue weighted by molar-refractivity contribution is 5.85. The van der Waals surface area contributed by atoms with E-state index in [9.17, 15) is 9.18 Å². The van der Waals surface area contributed by atoms with Crippen LogP contribution in [0.2, 0.25) is 0 Å². The van der Waals surface area contributed by atoms with E-state index in [4.69, 9.17) is 4.74 Å². The molecular formula is C21H25FN4O2. The second-order valence-corrected chi connectivity index (χ2v) is 7.67. The highest BCUT2D eigenvalue weighted by Gasteiger charge is 2.48. The number of ether oxygens (including phenoxy) is 1. The van der Waals surface area contributed by atoms with E-state index in [1.807, 2.05) is 17.0 Å². The predicted molar refractivity (Wildman–Crippen MR) is 103 cm³/mol. The Morgan fingerprint density at radius 1 is 1.21 bits per heavy atom. The van der Waals surface area contributed by atoms with Crippen LogP contribution >= 0.6 is 0 Å². The molecule has 0 aliphatic carbocycles. The second kappa shape index (κ2) is 7.83. The molecule has 7 heteroatoms. The third-order valence-electron chi connectivity index (χ3n) is 5.82. The number of nitrogens with zero attached hydrogens (tertiary/aromatic N) is 4. The molecule has 2 fully saturated rings. The summed E-state index contributed by atoms with van der Waals surface area (Å²) < 4.78 is 19.2. The summed E-state index contributed by atoms with van der Waals surface area (Å²) in [5, 5.41) is 0. The van der Waals surface area contributed by atoms with E-state index in [1.54, 1.807) is 25.6 Å². The number of halogens is 1. The average Bonchev–Trinajstić information content (AvgIpc) is 3.13. The highest BCUT2D eigenvalue weighted by Crippen LogP contribution is 2.41. The lowest BCUT2D eigenvalue weighted by molar-refractivity contribution is -0.145. The molecule has 1 amide bonds. The van der Waals surface area contributed by atoms with E-state index in [0.29, 0.717) is 31.8 Å². The number of benzene rings is 1. The summed E-state index contributed by atoms with van der Waals surface area (Å²) >= 11 is 0. The fourth-order valence-electron chi connectivity index (χ4n) is 4.37. The molecule has 6 nitrogen and oxygen atoms in total. The highest BCUT2D eigenvalue weighted by atomic mass is 19.1. The fraction of sp³-hybridized carbons (Fsp3) is 0.476. The molecule has 1 spiro atoms. The zero-order valence-corrected chi connectivity index (χ0v) is 16.1. The third-order valence-corrected chi connectivity index (χ3v) is 5.82. The van der Waals surface area contributed by atoms with Gasteiger partial charge < -0.3 is 14.5 Å². The lowest BCUT2D eigenvalue weighted by Gasteiger charge is -2.39. The summed E-state index contributed by atoms with van der Waals surface area (Å²) in [6, 6.07) is 8.61. The number of likely N-dealkylation sites (tertiary alicyclic amines) is 1. The predicted octanol–water partition coefficient (Wildman–Crippen LogP) is 2.78. The number of hydrogen-bond donors (Lipinski definition) is 0. The van der Waals surface area contributed by atoms with Crippen molar-refractivity contribution < 1.29 is 13.9 Å². The molecule has 1 aromatic heterocycles. The number of piperidine rings is 1. The van der Waals surface area contributed by atoms with Crippen molar-refractivity contribution in [3.05, 3.63) is 53.7 Å². The standard InChI is InChI=1S/C21H25FN4O2/c1-28-13-17-11-19(24-15-23-17)26-10-8-21(14-26)7-4-9-25(20(21)27)12-16-5-2-3-6-18(16)22/h2-3,5-6,11,15H,4,7-10,12-14H2,1H3/t21-/m1/s1. The van der Waals surface area contributed by atoms with Crippen LogP contribution in [0, 0.1) is 11.2 Å². The van der Waals surface area contributed by atoms with E-state index in [-0.39, 0.29) is 11.7 Å². The first-order valence-corrected chi connectivity index (χ1v) is 9.69. The molecule has 0 unspecified atom stereocenters. The average molecular weight is 384 g/mol. The van der Waals surface area contributed by atoms with Crippen molar-refractivity contribution >= 4 is 11.7 Å². The Labute approximate surface area is 164 Å². The molecule has 0 N–H and O–H groups in total. The number of carbonyl (C=O) groups is 1. The zero-order valence-electron chi connectivity index (χ0n) is 16.1. The zero-order chi connectivity index (χ0) is 19.6. The molecule has 0 saturated carbocycles. The molecule has 4 rings (SSSR count). The van der Waals surface area contributed by atoms with E-state index in [2.05, 4.69) is 14.9 Å². The number of methoxy groups -OCH3 is 1. The van der Waals surface area contributed by atoms with Gasteiger partial charge in [0, 0.05) is 44.9 Å². The van der Waals surface area contributed by atoms with Crippen LogP contribution in [0.25, 0.3) is 0 Å². The quantitative estimate of drug-likeness (QED) is 0.793. The molecule has 1 atom stereocenters. The summed E-state index contributed by atoms with van der Waals surface area (Å²) in [6.45, 7) is 2.87. The Balaban J connectivity index is 1.50. The maximum atomic E-state index is 14.1. The van der Waals surface area contributed by atoms with Gasteiger partial charge in [-0.1, -0.05) is 18.2 Å². The SMILES string of the molecule is COCc1cc(N2CC[C@]3(CCCN(Cc4ccccc4F)C3=O)C2)ncn1. The Bertz CT molecular complexity index is 862. The van der Waals surface area contributed by atoms with E-state index < -0.39 is 5.41 Å². The van der Waals surface area contributed by atoms with Crippen LogP contribution in [0.5, 0.6) is 0 Å². The van der Waals surface area contributed by atoms with Gasteiger partial charge in [0.05, 0.1) is 17.7 Å². The molecule has 1 aromatic carbocycles. The van der Waals surface area contributed by atoms with Gasteiger partial charge in [0.25, 0.3) is 0 Å². The number of hydrogen-bond acceptors (Lipinski definition) is 5. The summed E-state index contributed by atoms with van der Waals surface area (Å²) in [7, 11) is 1.64. The molecular weight excluding hydrogens is 359 g/mol. The van der Waals surface area contributed by atoms with Crippen LogP contribution in [0.3, 0.4) is 0 Å². The van der Waals surface area contributed by atoms with Crippen molar-refractivity contribution in [2.75, 3.05) is 31.6 Å². The van der Waals surface area contributed by atoms with Crippen LogP contribution in [0.15, 0.2) is 36.7 Å². The van der Waals surface area contributed by atoms with Crippen molar-refractivity contribution in [1.29, 1.82) is 0 Å². The van der Waals surface area contributed by atoms with Crippen LogP contribution in [0.4, 0.5) is 10.2 Å². The van der Waals surface area contributed by atoms with Gasteiger partial charge in [-0.25, -0.2) is 14.4 Å². The number of carbonyl (C=O) groups excluding carboxylic acids is 1. The summed E-state index contributed by atoms with van der Waals surface area (Å²) in [5.41, 5.74) is 0.989. The summed E-state index contributed by atoms with van der Waals surface area (Å²) in [5.74, 6) is 0.711. The first-order valence-electron chi connectivity index (χ1n) is 9.69.